The van der Waals surface area contributed by atoms with Crippen LogP contribution >= 0.6 is 0 Å². The van der Waals surface area contributed by atoms with Crippen molar-refractivity contribution in [2.24, 2.45) is 0 Å². The molecule has 0 fully saturated rings. The fourth-order valence-electron chi connectivity index (χ4n) is 1.98. The van der Waals surface area contributed by atoms with Gasteiger partial charge in [0.25, 0.3) is 0 Å². The molecule has 100 valence electrons. The van der Waals surface area contributed by atoms with Crippen LogP contribution in [-0.2, 0) is 0 Å². The van der Waals surface area contributed by atoms with Crippen molar-refractivity contribution in [2.75, 3.05) is 5.32 Å². The van der Waals surface area contributed by atoms with Gasteiger partial charge in [-0.2, -0.15) is 0 Å². The Kier molecular flexibility index (Phi) is 3.36. The van der Waals surface area contributed by atoms with Crippen molar-refractivity contribution in [2.45, 2.75) is 13.0 Å². The molecular formula is C14H14N6. The molecule has 6 heteroatoms. The predicted molar refractivity (Wildman–Crippen MR) is 75.4 cm³/mol. The molecule has 0 aliphatic heterocycles. The second kappa shape index (κ2) is 5.48. The first kappa shape index (κ1) is 12.3. The Hall–Kier alpha value is -2.76. The normalized spacial score (nSPS) is 12.1. The van der Waals surface area contributed by atoms with Crippen molar-refractivity contribution < 1.29 is 0 Å². The third-order valence-electron chi connectivity index (χ3n) is 3.07. The lowest BCUT2D eigenvalue weighted by atomic mass is 10.1. The summed E-state index contributed by atoms with van der Waals surface area (Å²) in [6.45, 7) is 2.12. The number of hydrogen-bond acceptors (Lipinski definition) is 5. The van der Waals surface area contributed by atoms with Crippen LogP contribution in [0.1, 0.15) is 18.5 Å². The van der Waals surface area contributed by atoms with Gasteiger partial charge in [-0.1, -0.05) is 0 Å². The average molecular weight is 266 g/mol. The molecule has 3 aromatic rings. The van der Waals surface area contributed by atoms with E-state index in [0.29, 0.717) is 0 Å². The first-order chi connectivity index (χ1) is 9.83. The number of tetrazole rings is 1. The largest absolute Gasteiger partial charge is 0.379 e. The zero-order valence-corrected chi connectivity index (χ0v) is 11.0. The topological polar surface area (TPSA) is 68.5 Å². The molecule has 0 bridgehead atoms. The summed E-state index contributed by atoms with van der Waals surface area (Å²) in [6.07, 6.45) is 5.17. The van der Waals surface area contributed by atoms with E-state index in [1.807, 2.05) is 36.4 Å². The highest BCUT2D eigenvalue weighted by atomic mass is 15.5. The van der Waals surface area contributed by atoms with Gasteiger partial charge < -0.3 is 5.32 Å². The van der Waals surface area contributed by atoms with Crippen LogP contribution in [0.5, 0.6) is 0 Å². The van der Waals surface area contributed by atoms with Crippen LogP contribution in [0.15, 0.2) is 55.1 Å². The van der Waals surface area contributed by atoms with Gasteiger partial charge >= 0.3 is 0 Å². The van der Waals surface area contributed by atoms with Gasteiger partial charge in [0, 0.05) is 24.1 Å². The van der Waals surface area contributed by atoms with Crippen LogP contribution in [0, 0.1) is 0 Å². The Morgan fingerprint density at radius 1 is 1.05 bits per heavy atom. The number of nitrogens with one attached hydrogen (secondary N) is 1. The quantitative estimate of drug-likeness (QED) is 0.784. The molecule has 0 radical (unpaired) electrons. The zero-order valence-electron chi connectivity index (χ0n) is 11.0. The van der Waals surface area contributed by atoms with E-state index in [1.165, 1.54) is 5.56 Å². The van der Waals surface area contributed by atoms with Gasteiger partial charge in [0.05, 0.1) is 5.69 Å². The minimum Gasteiger partial charge on any atom is -0.379 e. The van der Waals surface area contributed by atoms with Gasteiger partial charge in [-0.05, 0) is 59.3 Å². The molecule has 1 atom stereocenters. The summed E-state index contributed by atoms with van der Waals surface area (Å²) < 4.78 is 1.62. The van der Waals surface area contributed by atoms with Crippen LogP contribution in [0.2, 0.25) is 0 Å². The van der Waals surface area contributed by atoms with Crippen molar-refractivity contribution >= 4 is 5.69 Å². The number of rotatable bonds is 4. The highest BCUT2D eigenvalue weighted by molar-refractivity contribution is 5.49. The summed E-state index contributed by atoms with van der Waals surface area (Å²) in [5, 5.41) is 14.5. The SMILES string of the molecule is CC(Nc1ccc(-n2cnnn2)cc1)c1ccncc1. The number of benzene rings is 1. The van der Waals surface area contributed by atoms with Gasteiger partial charge in [-0.25, -0.2) is 4.68 Å². The van der Waals surface area contributed by atoms with E-state index < -0.39 is 0 Å². The fraction of sp³-hybridized carbons (Fsp3) is 0.143. The first-order valence-electron chi connectivity index (χ1n) is 6.33. The fourth-order valence-corrected chi connectivity index (χ4v) is 1.98. The van der Waals surface area contributed by atoms with Gasteiger partial charge in [0.1, 0.15) is 6.33 Å². The molecule has 1 unspecified atom stereocenters. The number of anilines is 1. The van der Waals surface area contributed by atoms with Gasteiger partial charge in [-0.15, -0.1) is 5.10 Å². The monoisotopic (exact) mass is 266 g/mol. The van der Waals surface area contributed by atoms with E-state index >= 15 is 0 Å². The van der Waals surface area contributed by atoms with Crippen molar-refractivity contribution in [3.8, 4) is 5.69 Å². The molecule has 2 aromatic heterocycles. The number of nitrogens with zero attached hydrogens (tertiary/aromatic N) is 5. The Morgan fingerprint density at radius 3 is 2.45 bits per heavy atom. The molecule has 3 rings (SSSR count). The molecule has 6 nitrogen and oxygen atoms in total. The molecule has 0 spiro atoms. The molecule has 0 amide bonds. The van der Waals surface area contributed by atoms with E-state index in [1.54, 1.807) is 23.4 Å². The Morgan fingerprint density at radius 2 is 1.80 bits per heavy atom. The maximum Gasteiger partial charge on any atom is 0.143 e. The molecule has 0 aliphatic carbocycles. The molecule has 2 heterocycles. The lowest BCUT2D eigenvalue weighted by molar-refractivity contribution is 0.789. The van der Waals surface area contributed by atoms with Crippen LogP contribution in [0.4, 0.5) is 5.69 Å². The Bertz CT molecular complexity index is 648. The highest BCUT2D eigenvalue weighted by Gasteiger charge is 2.05. The number of aromatic nitrogens is 5. The lowest BCUT2D eigenvalue weighted by Gasteiger charge is -2.15. The summed E-state index contributed by atoms with van der Waals surface area (Å²) in [5.74, 6) is 0. The van der Waals surface area contributed by atoms with Crippen molar-refractivity contribution in [3.63, 3.8) is 0 Å². The van der Waals surface area contributed by atoms with Gasteiger partial charge in [0.15, 0.2) is 0 Å². The molecule has 1 aromatic carbocycles. The maximum atomic E-state index is 4.03. The minimum atomic E-state index is 0.219. The van der Waals surface area contributed by atoms with Gasteiger partial charge in [0.2, 0.25) is 0 Å². The summed E-state index contributed by atoms with van der Waals surface area (Å²) in [4.78, 5) is 4.03. The third-order valence-corrected chi connectivity index (χ3v) is 3.07. The van der Waals surface area contributed by atoms with Crippen LogP contribution in [0.3, 0.4) is 0 Å². The molecule has 0 aliphatic rings. The van der Waals surface area contributed by atoms with Crippen LogP contribution < -0.4 is 5.32 Å². The summed E-state index contributed by atoms with van der Waals surface area (Å²) in [6, 6.07) is 12.2. The summed E-state index contributed by atoms with van der Waals surface area (Å²) >= 11 is 0. The smallest absolute Gasteiger partial charge is 0.143 e. The van der Waals surface area contributed by atoms with E-state index in [9.17, 15) is 0 Å². The van der Waals surface area contributed by atoms with E-state index in [-0.39, 0.29) is 6.04 Å². The highest BCUT2D eigenvalue weighted by Crippen LogP contribution is 2.19. The Labute approximate surface area is 116 Å². The minimum absolute atomic E-state index is 0.219. The zero-order chi connectivity index (χ0) is 13.8. The van der Waals surface area contributed by atoms with E-state index in [2.05, 4.69) is 32.7 Å². The molecular weight excluding hydrogens is 252 g/mol. The summed E-state index contributed by atoms with van der Waals surface area (Å²) in [7, 11) is 0. The summed E-state index contributed by atoms with van der Waals surface area (Å²) in [5.41, 5.74) is 3.17. The molecule has 20 heavy (non-hydrogen) atoms. The van der Waals surface area contributed by atoms with Crippen molar-refractivity contribution in [1.82, 2.24) is 25.2 Å². The first-order valence-corrected chi connectivity index (χ1v) is 6.33. The number of pyridine rings is 1. The molecule has 1 N–H and O–H groups in total. The molecule has 0 saturated carbocycles. The average Bonchev–Trinajstić information content (AvgIpc) is 3.03. The van der Waals surface area contributed by atoms with Crippen LogP contribution in [-0.4, -0.2) is 25.2 Å². The van der Waals surface area contributed by atoms with Crippen LogP contribution in [0.25, 0.3) is 5.69 Å². The third kappa shape index (κ3) is 2.64. The van der Waals surface area contributed by atoms with E-state index in [0.717, 1.165) is 11.4 Å². The predicted octanol–water partition coefficient (Wildman–Crippen LogP) is 2.23. The van der Waals surface area contributed by atoms with Crippen molar-refractivity contribution in [3.05, 3.63) is 60.7 Å². The maximum absolute atomic E-state index is 4.03. The van der Waals surface area contributed by atoms with E-state index in [4.69, 9.17) is 0 Å². The second-order valence-electron chi connectivity index (χ2n) is 4.45. The Balaban J connectivity index is 1.72. The molecule has 0 saturated heterocycles. The van der Waals surface area contributed by atoms with Crippen molar-refractivity contribution in [1.29, 1.82) is 0 Å². The lowest BCUT2D eigenvalue weighted by Crippen LogP contribution is -2.06. The standard InChI is InChI=1S/C14H14N6/c1-11(12-6-8-15-9-7-12)17-13-2-4-14(5-3-13)20-10-16-18-19-20/h2-11,17H,1H3. The number of hydrogen-bond donors (Lipinski definition) is 1. The second-order valence-corrected chi connectivity index (χ2v) is 4.45. The van der Waals surface area contributed by atoms with Gasteiger partial charge in [-0.3, -0.25) is 4.98 Å².